The number of benzene rings is 1. The van der Waals surface area contributed by atoms with Gasteiger partial charge in [-0.05, 0) is 57.1 Å². The van der Waals surface area contributed by atoms with Crippen molar-refractivity contribution in [2.24, 2.45) is 0 Å². The Hall–Kier alpha value is -2.39. The third-order valence-electron chi connectivity index (χ3n) is 6.49. The van der Waals surface area contributed by atoms with Crippen molar-refractivity contribution < 1.29 is 33.2 Å². The zero-order valence-electron chi connectivity index (χ0n) is 26.5. The highest BCUT2D eigenvalue weighted by molar-refractivity contribution is 5.66. The number of unbranched alkanes of at least 4 members (excludes halogenated alkanes) is 9. The molecular formula is C34H57NO7. The fourth-order valence-electron chi connectivity index (χ4n) is 4.09. The Kier molecular flexibility index (Phi) is 25.7. The van der Waals surface area contributed by atoms with Crippen molar-refractivity contribution in [1.29, 1.82) is 0 Å². The maximum atomic E-state index is 11.9. The second-order valence-corrected chi connectivity index (χ2v) is 10.1. The van der Waals surface area contributed by atoms with Crippen molar-refractivity contribution in [2.75, 3.05) is 60.4 Å². The summed E-state index contributed by atoms with van der Waals surface area (Å²) in [4.78, 5) is 11.9. The van der Waals surface area contributed by atoms with Crippen molar-refractivity contribution in [3.8, 4) is 5.75 Å². The first-order valence-electron chi connectivity index (χ1n) is 15.9. The first-order chi connectivity index (χ1) is 20.7. The molecule has 0 saturated carbocycles. The number of hydrogen-bond donors (Lipinski definition) is 1. The molecule has 0 bridgehead atoms. The van der Waals surface area contributed by atoms with Crippen LogP contribution in [-0.2, 0) is 23.7 Å². The summed E-state index contributed by atoms with van der Waals surface area (Å²) < 4.78 is 32.5. The van der Waals surface area contributed by atoms with Gasteiger partial charge in [0, 0.05) is 26.3 Å². The van der Waals surface area contributed by atoms with Crippen molar-refractivity contribution in [3.63, 3.8) is 0 Å². The minimum Gasteiger partial charge on any atom is -0.491 e. The number of hydrogen-bond acceptors (Lipinski definition) is 7. The van der Waals surface area contributed by atoms with E-state index in [1.54, 1.807) is 14.2 Å². The van der Waals surface area contributed by atoms with Gasteiger partial charge in [-0.1, -0.05) is 75.5 Å². The Labute approximate surface area is 255 Å². The lowest BCUT2D eigenvalue weighted by atomic mass is 10.1. The van der Waals surface area contributed by atoms with Gasteiger partial charge in [0.15, 0.2) is 6.29 Å². The second kappa shape index (κ2) is 28.7. The fraction of sp³-hybridized carbons (Fsp3) is 0.676. The molecule has 0 spiro atoms. The van der Waals surface area contributed by atoms with Gasteiger partial charge in [0.1, 0.15) is 12.4 Å². The third-order valence-corrected chi connectivity index (χ3v) is 6.49. The first-order valence-corrected chi connectivity index (χ1v) is 15.9. The zero-order valence-corrected chi connectivity index (χ0v) is 26.5. The minimum atomic E-state index is -0.535. The number of ether oxygens (including phenoxy) is 6. The summed E-state index contributed by atoms with van der Waals surface area (Å²) in [6.45, 7) is 5.40. The maximum Gasteiger partial charge on any atom is 0.407 e. The predicted octanol–water partition coefficient (Wildman–Crippen LogP) is 7.93. The number of nitrogens with one attached hydrogen (secondary N) is 1. The number of methoxy groups -OCH3 is 2. The van der Waals surface area contributed by atoms with Crippen molar-refractivity contribution in [3.05, 3.63) is 54.1 Å². The van der Waals surface area contributed by atoms with E-state index in [0.717, 1.165) is 43.4 Å². The van der Waals surface area contributed by atoms with E-state index in [9.17, 15) is 4.79 Å². The van der Waals surface area contributed by atoms with Gasteiger partial charge in [0.25, 0.3) is 0 Å². The minimum absolute atomic E-state index is 0.300. The van der Waals surface area contributed by atoms with Crippen LogP contribution >= 0.6 is 0 Å². The van der Waals surface area contributed by atoms with Gasteiger partial charge < -0.3 is 33.7 Å². The van der Waals surface area contributed by atoms with E-state index in [1.807, 2.05) is 24.3 Å². The number of carbonyl (C=O) groups is 1. The molecule has 1 N–H and O–H groups in total. The summed E-state index contributed by atoms with van der Waals surface area (Å²) in [7, 11) is 3.23. The summed E-state index contributed by atoms with van der Waals surface area (Å²) in [5.74, 6) is 0.743. The van der Waals surface area contributed by atoms with Crippen LogP contribution in [-0.4, -0.2) is 66.5 Å². The van der Waals surface area contributed by atoms with Crippen LogP contribution < -0.4 is 10.1 Å². The molecule has 1 unspecified atom stereocenters. The van der Waals surface area contributed by atoms with Gasteiger partial charge >= 0.3 is 6.09 Å². The third kappa shape index (κ3) is 22.2. The van der Waals surface area contributed by atoms with Crippen LogP contribution in [0.25, 0.3) is 0 Å². The molecule has 0 aliphatic heterocycles. The van der Waals surface area contributed by atoms with Crippen LogP contribution in [0.2, 0.25) is 0 Å². The molecule has 0 heterocycles. The summed E-state index contributed by atoms with van der Waals surface area (Å²) in [6.07, 6.45) is 22.5. The molecule has 8 nitrogen and oxygen atoms in total. The van der Waals surface area contributed by atoms with Crippen LogP contribution in [0.4, 0.5) is 4.79 Å². The smallest absolute Gasteiger partial charge is 0.407 e. The van der Waals surface area contributed by atoms with Crippen molar-refractivity contribution >= 4 is 6.09 Å². The number of carbonyl (C=O) groups excluding carboxylic acids is 1. The molecule has 1 aromatic carbocycles. The SMILES string of the molecule is CCCCC/C=C/CC/C=C/CCCCCCCOC(=O)NCCOC(OC)c1ccc(OCCOCCOC)cc1. The average Bonchev–Trinajstić information content (AvgIpc) is 3.01. The largest absolute Gasteiger partial charge is 0.491 e. The van der Waals surface area contributed by atoms with E-state index in [2.05, 4.69) is 36.5 Å². The van der Waals surface area contributed by atoms with E-state index in [-0.39, 0.29) is 0 Å². The standard InChI is InChI=1S/C34H57NO7/c1-4-5-6-7-8-9-10-11-12-13-14-15-16-17-18-19-25-42-34(36)35-24-26-41-33(38-3)31-20-22-32(23-21-31)40-30-29-39-28-27-37-2/h8-9,12-13,20-23,33H,4-7,10-11,14-19,24-30H2,1-3H3,(H,35,36)/b9-8+,13-12+. The Bertz CT molecular complexity index is 798. The lowest BCUT2D eigenvalue weighted by molar-refractivity contribution is -0.126. The van der Waals surface area contributed by atoms with Gasteiger partial charge in [-0.15, -0.1) is 0 Å². The van der Waals surface area contributed by atoms with Gasteiger partial charge in [-0.25, -0.2) is 4.79 Å². The highest BCUT2D eigenvalue weighted by Gasteiger charge is 2.11. The quantitative estimate of drug-likeness (QED) is 0.0602. The highest BCUT2D eigenvalue weighted by Crippen LogP contribution is 2.21. The molecule has 1 amide bonds. The Balaban J connectivity index is 1.98. The van der Waals surface area contributed by atoms with Gasteiger partial charge in [-0.3, -0.25) is 0 Å². The van der Waals surface area contributed by atoms with Crippen LogP contribution in [0, 0.1) is 0 Å². The number of allylic oxidation sites excluding steroid dienone is 4. The van der Waals surface area contributed by atoms with E-state index in [1.165, 1.54) is 44.9 Å². The van der Waals surface area contributed by atoms with Gasteiger partial charge in [0.2, 0.25) is 0 Å². The Morgan fingerprint density at radius 3 is 2.07 bits per heavy atom. The van der Waals surface area contributed by atoms with Crippen LogP contribution in [0.15, 0.2) is 48.6 Å². The van der Waals surface area contributed by atoms with E-state index in [0.29, 0.717) is 46.2 Å². The van der Waals surface area contributed by atoms with E-state index in [4.69, 9.17) is 28.4 Å². The van der Waals surface area contributed by atoms with Crippen LogP contribution in [0.1, 0.15) is 95.8 Å². The monoisotopic (exact) mass is 591 g/mol. The molecule has 0 aliphatic carbocycles. The predicted molar refractivity (Wildman–Crippen MR) is 169 cm³/mol. The van der Waals surface area contributed by atoms with Crippen LogP contribution in [0.5, 0.6) is 5.75 Å². The molecule has 1 rings (SSSR count). The molecule has 0 aromatic heterocycles. The summed E-state index contributed by atoms with van der Waals surface area (Å²) >= 11 is 0. The second-order valence-electron chi connectivity index (χ2n) is 10.1. The number of rotatable bonds is 28. The first kappa shape index (κ1) is 37.6. The molecule has 1 atom stereocenters. The van der Waals surface area contributed by atoms with Gasteiger partial charge in [0.05, 0.1) is 33.0 Å². The molecule has 0 fully saturated rings. The molecule has 0 saturated heterocycles. The number of amides is 1. The highest BCUT2D eigenvalue weighted by atomic mass is 16.7. The Morgan fingerprint density at radius 1 is 0.738 bits per heavy atom. The molecule has 1 aromatic rings. The fourth-order valence-corrected chi connectivity index (χ4v) is 4.09. The zero-order chi connectivity index (χ0) is 30.4. The Morgan fingerprint density at radius 2 is 1.38 bits per heavy atom. The van der Waals surface area contributed by atoms with E-state index < -0.39 is 12.4 Å². The molecular weight excluding hydrogens is 534 g/mol. The van der Waals surface area contributed by atoms with Crippen LogP contribution in [0.3, 0.4) is 0 Å². The normalized spacial score (nSPS) is 12.3. The van der Waals surface area contributed by atoms with E-state index >= 15 is 0 Å². The average molecular weight is 592 g/mol. The molecule has 8 heteroatoms. The summed E-state index contributed by atoms with van der Waals surface area (Å²) in [5.41, 5.74) is 0.862. The topological polar surface area (TPSA) is 84.5 Å². The molecule has 42 heavy (non-hydrogen) atoms. The molecule has 0 aliphatic rings. The molecule has 0 radical (unpaired) electrons. The lowest BCUT2D eigenvalue weighted by Gasteiger charge is -2.17. The number of alkyl carbamates (subject to hydrolysis) is 1. The van der Waals surface area contributed by atoms with Gasteiger partial charge in [-0.2, -0.15) is 0 Å². The summed E-state index contributed by atoms with van der Waals surface area (Å²) in [6, 6.07) is 7.51. The molecule has 240 valence electrons. The lowest BCUT2D eigenvalue weighted by Crippen LogP contribution is -2.28. The van der Waals surface area contributed by atoms with Crippen molar-refractivity contribution in [2.45, 2.75) is 90.3 Å². The summed E-state index contributed by atoms with van der Waals surface area (Å²) in [5, 5.41) is 2.73. The maximum absolute atomic E-state index is 11.9. The van der Waals surface area contributed by atoms with Crippen molar-refractivity contribution in [1.82, 2.24) is 5.32 Å².